The third-order valence-corrected chi connectivity index (χ3v) is 3.93. The SMILES string of the molecule is CC(CCC(=O)O)NCC1CCN(C2CC2)C1. The Bertz CT molecular complexity index is 266. The number of carboxylic acid groups (broad SMARTS) is 1. The minimum absolute atomic E-state index is 0.271. The molecule has 4 heteroatoms. The van der Waals surface area contributed by atoms with Crippen LogP contribution in [0.25, 0.3) is 0 Å². The highest BCUT2D eigenvalue weighted by Gasteiger charge is 2.34. The normalized spacial score (nSPS) is 27.2. The van der Waals surface area contributed by atoms with E-state index in [-0.39, 0.29) is 6.42 Å². The van der Waals surface area contributed by atoms with Crippen LogP contribution in [0.5, 0.6) is 0 Å². The number of aliphatic carboxylic acids is 1. The number of hydrogen-bond donors (Lipinski definition) is 2. The number of carboxylic acids is 1. The highest BCUT2D eigenvalue weighted by atomic mass is 16.4. The average Bonchev–Trinajstić information content (AvgIpc) is 3.04. The summed E-state index contributed by atoms with van der Waals surface area (Å²) in [6.07, 6.45) is 5.10. The van der Waals surface area contributed by atoms with Crippen molar-refractivity contribution in [1.29, 1.82) is 0 Å². The van der Waals surface area contributed by atoms with E-state index in [4.69, 9.17) is 5.11 Å². The summed E-state index contributed by atoms with van der Waals surface area (Å²) in [6.45, 7) is 5.63. The number of nitrogens with zero attached hydrogens (tertiary/aromatic N) is 1. The maximum atomic E-state index is 10.5. The van der Waals surface area contributed by atoms with Crippen molar-refractivity contribution in [2.45, 2.75) is 51.1 Å². The molecule has 1 aliphatic heterocycles. The molecule has 2 unspecified atom stereocenters. The van der Waals surface area contributed by atoms with Crippen molar-refractivity contribution in [3.05, 3.63) is 0 Å². The van der Waals surface area contributed by atoms with E-state index in [2.05, 4.69) is 17.1 Å². The largest absolute Gasteiger partial charge is 0.481 e. The summed E-state index contributed by atoms with van der Waals surface area (Å²) in [6, 6.07) is 1.21. The molecular formula is C13H24N2O2. The van der Waals surface area contributed by atoms with Gasteiger partial charge in [0.05, 0.1) is 0 Å². The fourth-order valence-electron chi connectivity index (χ4n) is 2.61. The first-order chi connectivity index (χ1) is 8.15. The third-order valence-electron chi connectivity index (χ3n) is 3.93. The van der Waals surface area contributed by atoms with Gasteiger partial charge in [0.25, 0.3) is 0 Å². The summed E-state index contributed by atoms with van der Waals surface area (Å²) in [5.74, 6) is 0.0716. The zero-order chi connectivity index (χ0) is 12.3. The Morgan fingerprint density at radius 2 is 2.24 bits per heavy atom. The summed E-state index contributed by atoms with van der Waals surface area (Å²) in [5.41, 5.74) is 0. The first-order valence-electron chi connectivity index (χ1n) is 6.84. The summed E-state index contributed by atoms with van der Waals surface area (Å²) in [5, 5.41) is 12.1. The second kappa shape index (κ2) is 5.83. The Balaban J connectivity index is 1.57. The maximum Gasteiger partial charge on any atom is 0.303 e. The summed E-state index contributed by atoms with van der Waals surface area (Å²) in [4.78, 5) is 13.1. The molecule has 17 heavy (non-hydrogen) atoms. The molecule has 1 heterocycles. The smallest absolute Gasteiger partial charge is 0.303 e. The number of nitrogens with one attached hydrogen (secondary N) is 1. The number of likely N-dealkylation sites (tertiary alicyclic amines) is 1. The number of carbonyl (C=O) groups is 1. The lowest BCUT2D eigenvalue weighted by atomic mass is 10.1. The molecule has 0 radical (unpaired) electrons. The van der Waals surface area contributed by atoms with Crippen molar-refractivity contribution < 1.29 is 9.90 Å². The second-order valence-corrected chi connectivity index (χ2v) is 5.62. The fourth-order valence-corrected chi connectivity index (χ4v) is 2.61. The molecule has 1 saturated carbocycles. The van der Waals surface area contributed by atoms with Crippen LogP contribution in [0.15, 0.2) is 0 Å². The van der Waals surface area contributed by atoms with Crippen molar-refractivity contribution in [2.24, 2.45) is 5.92 Å². The first kappa shape index (κ1) is 12.8. The second-order valence-electron chi connectivity index (χ2n) is 5.62. The van der Waals surface area contributed by atoms with Gasteiger partial charge in [-0.2, -0.15) is 0 Å². The van der Waals surface area contributed by atoms with Crippen molar-refractivity contribution in [1.82, 2.24) is 10.2 Å². The van der Waals surface area contributed by atoms with Crippen LogP contribution < -0.4 is 5.32 Å². The van der Waals surface area contributed by atoms with E-state index in [1.54, 1.807) is 0 Å². The van der Waals surface area contributed by atoms with E-state index in [1.807, 2.05) is 0 Å². The molecule has 4 nitrogen and oxygen atoms in total. The van der Waals surface area contributed by atoms with Crippen molar-refractivity contribution in [2.75, 3.05) is 19.6 Å². The van der Waals surface area contributed by atoms with Gasteiger partial charge in [0.2, 0.25) is 0 Å². The van der Waals surface area contributed by atoms with Gasteiger partial charge < -0.3 is 15.3 Å². The lowest BCUT2D eigenvalue weighted by molar-refractivity contribution is -0.137. The van der Waals surface area contributed by atoms with E-state index < -0.39 is 5.97 Å². The van der Waals surface area contributed by atoms with Crippen LogP contribution in [0.4, 0.5) is 0 Å². The quantitative estimate of drug-likeness (QED) is 0.704. The summed E-state index contributed by atoms with van der Waals surface area (Å²) < 4.78 is 0. The lowest BCUT2D eigenvalue weighted by Gasteiger charge is -2.18. The lowest BCUT2D eigenvalue weighted by Crippen LogP contribution is -2.33. The Kier molecular flexibility index (Phi) is 4.40. The van der Waals surface area contributed by atoms with Crippen molar-refractivity contribution in [3.8, 4) is 0 Å². The molecule has 0 aromatic carbocycles. The number of rotatable bonds is 7. The average molecular weight is 240 g/mol. The van der Waals surface area contributed by atoms with Crippen molar-refractivity contribution >= 4 is 5.97 Å². The van der Waals surface area contributed by atoms with E-state index in [0.717, 1.165) is 24.9 Å². The third kappa shape index (κ3) is 4.28. The van der Waals surface area contributed by atoms with Gasteiger partial charge in [-0.3, -0.25) is 4.79 Å². The van der Waals surface area contributed by atoms with Gasteiger partial charge in [-0.15, -0.1) is 0 Å². The molecule has 0 spiro atoms. The molecule has 2 atom stereocenters. The zero-order valence-electron chi connectivity index (χ0n) is 10.7. The minimum Gasteiger partial charge on any atom is -0.481 e. The molecule has 2 fully saturated rings. The molecule has 1 saturated heterocycles. The van der Waals surface area contributed by atoms with Gasteiger partial charge >= 0.3 is 5.97 Å². The van der Waals surface area contributed by atoms with Crippen molar-refractivity contribution in [3.63, 3.8) is 0 Å². The van der Waals surface area contributed by atoms with Crippen LogP contribution in [0, 0.1) is 5.92 Å². The van der Waals surface area contributed by atoms with Crippen LogP contribution in [0.1, 0.15) is 39.0 Å². The molecule has 1 aliphatic carbocycles. The maximum absolute atomic E-state index is 10.5. The topological polar surface area (TPSA) is 52.6 Å². The molecule has 0 aromatic rings. The van der Waals surface area contributed by atoms with Gasteiger partial charge in [-0.1, -0.05) is 0 Å². The molecular weight excluding hydrogens is 216 g/mol. The Morgan fingerprint density at radius 3 is 2.88 bits per heavy atom. The highest BCUT2D eigenvalue weighted by Crippen LogP contribution is 2.31. The van der Waals surface area contributed by atoms with E-state index in [9.17, 15) is 4.79 Å². The first-order valence-corrected chi connectivity index (χ1v) is 6.84. The standard InChI is InChI=1S/C13H24N2O2/c1-10(2-5-13(16)17)14-8-11-6-7-15(9-11)12-3-4-12/h10-12,14H,2-9H2,1H3,(H,16,17). The van der Waals surface area contributed by atoms with Crippen LogP contribution in [0.3, 0.4) is 0 Å². The molecule has 0 aromatic heterocycles. The molecule has 98 valence electrons. The molecule has 2 N–H and O–H groups in total. The van der Waals surface area contributed by atoms with Gasteiger partial charge in [0, 0.05) is 25.0 Å². The molecule has 2 rings (SSSR count). The Labute approximate surface area is 103 Å². The molecule has 2 aliphatic rings. The predicted octanol–water partition coefficient (Wildman–Crippen LogP) is 1.31. The predicted molar refractivity (Wildman–Crippen MR) is 67.0 cm³/mol. The monoisotopic (exact) mass is 240 g/mol. The van der Waals surface area contributed by atoms with Gasteiger partial charge in [-0.25, -0.2) is 0 Å². The van der Waals surface area contributed by atoms with E-state index >= 15 is 0 Å². The van der Waals surface area contributed by atoms with Crippen LogP contribution in [-0.4, -0.2) is 47.7 Å². The highest BCUT2D eigenvalue weighted by molar-refractivity contribution is 5.66. The Morgan fingerprint density at radius 1 is 1.47 bits per heavy atom. The fraction of sp³-hybridized carbons (Fsp3) is 0.923. The molecule has 0 amide bonds. The van der Waals surface area contributed by atoms with Gasteiger partial charge in [0.15, 0.2) is 0 Å². The van der Waals surface area contributed by atoms with Gasteiger partial charge in [-0.05, 0) is 51.6 Å². The van der Waals surface area contributed by atoms with E-state index in [0.29, 0.717) is 6.04 Å². The van der Waals surface area contributed by atoms with Gasteiger partial charge in [0.1, 0.15) is 0 Å². The van der Waals surface area contributed by atoms with Crippen LogP contribution in [0.2, 0.25) is 0 Å². The minimum atomic E-state index is -0.695. The summed E-state index contributed by atoms with van der Waals surface area (Å²) in [7, 11) is 0. The van der Waals surface area contributed by atoms with Crippen LogP contribution >= 0.6 is 0 Å². The molecule has 0 bridgehead atoms. The van der Waals surface area contributed by atoms with E-state index in [1.165, 1.54) is 32.4 Å². The Hall–Kier alpha value is -0.610. The van der Waals surface area contributed by atoms with Crippen LogP contribution in [-0.2, 0) is 4.79 Å². The number of hydrogen-bond acceptors (Lipinski definition) is 3. The zero-order valence-corrected chi connectivity index (χ0v) is 10.7. The summed E-state index contributed by atoms with van der Waals surface area (Å²) >= 11 is 0.